The highest BCUT2D eigenvalue weighted by Crippen LogP contribution is 2.19. The molecule has 1 aromatic rings. The van der Waals surface area contributed by atoms with E-state index >= 15 is 0 Å². The Bertz CT molecular complexity index is 297. The summed E-state index contributed by atoms with van der Waals surface area (Å²) in [5.41, 5.74) is 0.0950. The topological polar surface area (TPSA) is 12.9 Å². The molecule has 1 nitrogen and oxygen atoms in total. The van der Waals surface area contributed by atoms with Crippen molar-refractivity contribution in [2.45, 2.75) is 6.85 Å². The van der Waals surface area contributed by atoms with Gasteiger partial charge in [-0.25, -0.2) is 4.98 Å². The molecule has 0 aliphatic heterocycles. The quantitative estimate of drug-likeness (QED) is 0.648. The third-order valence-electron chi connectivity index (χ3n) is 0.803. The first-order valence-electron chi connectivity index (χ1n) is 3.74. The molecule has 0 saturated heterocycles. The minimum Gasteiger partial charge on any atom is -0.245 e. The minimum absolute atomic E-state index is 0.0950. The summed E-state index contributed by atoms with van der Waals surface area (Å²) in [6.45, 7) is -2.14. The molecular weight excluding hydrogens is 246 g/mol. The van der Waals surface area contributed by atoms with E-state index in [2.05, 4.69) is 36.8 Å². The van der Waals surface area contributed by atoms with Gasteiger partial charge in [0.05, 0.1) is 4.47 Å². The summed E-state index contributed by atoms with van der Waals surface area (Å²) in [7, 11) is 0. The van der Waals surface area contributed by atoms with Gasteiger partial charge in [0.2, 0.25) is 0 Å². The molecule has 0 atom stereocenters. The Morgan fingerprint density at radius 2 is 2.33 bits per heavy atom. The van der Waals surface area contributed by atoms with Gasteiger partial charge in [-0.15, -0.1) is 0 Å². The zero-order valence-corrected chi connectivity index (χ0v) is 7.53. The van der Waals surface area contributed by atoms with E-state index in [0.29, 0.717) is 4.60 Å². The molecule has 0 N–H and O–H groups in total. The van der Waals surface area contributed by atoms with Crippen LogP contribution in [0.3, 0.4) is 0 Å². The van der Waals surface area contributed by atoms with Crippen LogP contribution in [0.15, 0.2) is 21.2 Å². The summed E-state index contributed by atoms with van der Waals surface area (Å²) in [4.78, 5) is 3.85. The Kier molecular flexibility index (Phi) is 1.27. The molecule has 3 heteroatoms. The van der Waals surface area contributed by atoms with Gasteiger partial charge in [-0.2, -0.15) is 0 Å². The highest BCUT2D eigenvalue weighted by Gasteiger charge is 1.94. The van der Waals surface area contributed by atoms with Gasteiger partial charge in [-0.1, -0.05) is 0 Å². The fourth-order valence-corrected chi connectivity index (χ4v) is 0.961. The number of aryl methyl sites for hydroxylation is 1. The van der Waals surface area contributed by atoms with E-state index in [-0.39, 0.29) is 5.69 Å². The van der Waals surface area contributed by atoms with E-state index in [4.69, 9.17) is 4.11 Å². The van der Waals surface area contributed by atoms with Gasteiger partial charge in [0.25, 0.3) is 0 Å². The SMILES string of the molecule is [2H]C([2H])([2H])c1ccc(Br)c(Br)n1. The van der Waals surface area contributed by atoms with E-state index in [1.807, 2.05) is 0 Å². The first kappa shape index (κ1) is 4.09. The zero-order chi connectivity index (χ0) is 9.35. The summed E-state index contributed by atoms with van der Waals surface area (Å²) in [5.74, 6) is 0. The monoisotopic (exact) mass is 252 g/mol. The van der Waals surface area contributed by atoms with E-state index in [1.165, 1.54) is 6.07 Å². The predicted octanol–water partition coefficient (Wildman–Crippen LogP) is 2.92. The van der Waals surface area contributed by atoms with Crippen molar-refractivity contribution < 1.29 is 4.11 Å². The molecule has 0 aromatic carbocycles. The third kappa shape index (κ3) is 1.76. The average Bonchev–Trinajstić information content (AvgIpc) is 1.92. The van der Waals surface area contributed by atoms with Crippen LogP contribution in [0, 0.1) is 6.85 Å². The Balaban J connectivity index is 3.14. The molecule has 1 heterocycles. The molecular formula is C6H5Br2N. The number of nitrogens with zero attached hydrogens (tertiary/aromatic N) is 1. The lowest BCUT2D eigenvalue weighted by Crippen LogP contribution is -1.80. The smallest absolute Gasteiger partial charge is 0.120 e. The maximum Gasteiger partial charge on any atom is 0.120 e. The highest BCUT2D eigenvalue weighted by atomic mass is 79.9. The van der Waals surface area contributed by atoms with Crippen LogP contribution in [-0.4, -0.2) is 4.98 Å². The molecule has 0 bridgehead atoms. The van der Waals surface area contributed by atoms with Crippen LogP contribution in [0.2, 0.25) is 0 Å². The molecule has 0 unspecified atom stereocenters. The molecule has 0 aliphatic carbocycles. The minimum atomic E-state index is -2.14. The lowest BCUT2D eigenvalue weighted by molar-refractivity contribution is 1.15. The van der Waals surface area contributed by atoms with Gasteiger partial charge in [-0.3, -0.25) is 0 Å². The summed E-state index contributed by atoms with van der Waals surface area (Å²) in [6, 6.07) is 3.13. The van der Waals surface area contributed by atoms with Gasteiger partial charge in [0, 0.05) is 9.81 Å². The molecule has 0 amide bonds. The van der Waals surface area contributed by atoms with Gasteiger partial charge < -0.3 is 0 Å². The Labute approximate surface area is 75.0 Å². The van der Waals surface area contributed by atoms with Crippen molar-refractivity contribution in [1.29, 1.82) is 0 Å². The van der Waals surface area contributed by atoms with E-state index < -0.39 is 6.85 Å². The summed E-state index contributed by atoms with van der Waals surface area (Å²) in [6.07, 6.45) is 0. The first-order chi connectivity index (χ1) is 5.41. The van der Waals surface area contributed by atoms with Crippen LogP contribution in [0.1, 0.15) is 9.81 Å². The first-order valence-corrected chi connectivity index (χ1v) is 3.82. The van der Waals surface area contributed by atoms with Gasteiger partial charge >= 0.3 is 0 Å². The van der Waals surface area contributed by atoms with Crippen molar-refractivity contribution in [3.05, 3.63) is 26.9 Å². The normalized spacial score (nSPS) is 16.0. The van der Waals surface area contributed by atoms with E-state index in [1.54, 1.807) is 6.07 Å². The number of hydrogen-bond acceptors (Lipinski definition) is 1. The molecule has 0 radical (unpaired) electrons. The van der Waals surface area contributed by atoms with Crippen molar-refractivity contribution in [1.82, 2.24) is 4.98 Å². The molecule has 48 valence electrons. The van der Waals surface area contributed by atoms with E-state index in [9.17, 15) is 0 Å². The van der Waals surface area contributed by atoms with Crippen molar-refractivity contribution in [2.75, 3.05) is 0 Å². The third-order valence-corrected chi connectivity index (χ3v) is 2.58. The fourth-order valence-electron chi connectivity index (χ4n) is 0.417. The van der Waals surface area contributed by atoms with Crippen LogP contribution in [0.25, 0.3) is 0 Å². The van der Waals surface area contributed by atoms with Crippen molar-refractivity contribution >= 4 is 31.9 Å². The van der Waals surface area contributed by atoms with Crippen LogP contribution < -0.4 is 0 Å². The average molecular weight is 254 g/mol. The Morgan fingerprint density at radius 3 is 2.89 bits per heavy atom. The summed E-state index contributed by atoms with van der Waals surface area (Å²) >= 11 is 6.33. The molecule has 1 rings (SSSR count). The molecule has 0 spiro atoms. The largest absolute Gasteiger partial charge is 0.245 e. The molecule has 0 saturated carbocycles. The van der Waals surface area contributed by atoms with Crippen LogP contribution in [0.5, 0.6) is 0 Å². The van der Waals surface area contributed by atoms with Crippen molar-refractivity contribution in [3.8, 4) is 0 Å². The number of aromatic nitrogens is 1. The Morgan fingerprint density at radius 1 is 1.56 bits per heavy atom. The van der Waals surface area contributed by atoms with Crippen LogP contribution >= 0.6 is 31.9 Å². The van der Waals surface area contributed by atoms with Crippen molar-refractivity contribution in [3.63, 3.8) is 0 Å². The lowest BCUT2D eigenvalue weighted by atomic mass is 10.4. The predicted molar refractivity (Wildman–Crippen MR) is 44.4 cm³/mol. The van der Waals surface area contributed by atoms with Gasteiger partial charge in [0.15, 0.2) is 0 Å². The number of rotatable bonds is 0. The fraction of sp³-hybridized carbons (Fsp3) is 0.167. The molecule has 0 aliphatic rings. The molecule has 0 fully saturated rings. The van der Waals surface area contributed by atoms with Crippen molar-refractivity contribution in [2.24, 2.45) is 0 Å². The Hall–Kier alpha value is 0.110. The highest BCUT2D eigenvalue weighted by molar-refractivity contribution is 9.13. The second kappa shape index (κ2) is 2.80. The second-order valence-electron chi connectivity index (χ2n) is 1.47. The number of hydrogen-bond donors (Lipinski definition) is 0. The number of pyridine rings is 1. The maximum absolute atomic E-state index is 7.07. The van der Waals surface area contributed by atoms with E-state index in [0.717, 1.165) is 4.47 Å². The maximum atomic E-state index is 7.07. The van der Waals surface area contributed by atoms with Crippen LogP contribution in [0.4, 0.5) is 0 Å². The summed E-state index contributed by atoms with van der Waals surface area (Å²) in [5, 5.41) is 0. The number of halogens is 2. The standard InChI is InChI=1S/C6H5Br2N/c1-4-2-3-5(7)6(8)9-4/h2-3H,1H3/i1D3. The second-order valence-corrected chi connectivity index (χ2v) is 3.07. The summed E-state index contributed by atoms with van der Waals surface area (Å²) < 4.78 is 22.5. The van der Waals surface area contributed by atoms with Gasteiger partial charge in [-0.05, 0) is 50.8 Å². The zero-order valence-electron chi connectivity index (χ0n) is 7.36. The van der Waals surface area contributed by atoms with Gasteiger partial charge in [0.1, 0.15) is 4.60 Å². The van der Waals surface area contributed by atoms with Crippen LogP contribution in [-0.2, 0) is 0 Å². The molecule has 9 heavy (non-hydrogen) atoms. The molecule has 1 aromatic heterocycles. The lowest BCUT2D eigenvalue weighted by Gasteiger charge is -1.94.